The summed E-state index contributed by atoms with van der Waals surface area (Å²) in [5.74, 6) is -1.21. The Hall–Kier alpha value is -2.76. The molecule has 192 valence electrons. The maximum atomic E-state index is 14.2. The molecule has 1 fully saturated rings. The number of piperidine rings is 1. The van der Waals surface area contributed by atoms with Crippen molar-refractivity contribution >= 4 is 28.8 Å². The largest absolute Gasteiger partial charge is 0.463 e. The first kappa shape index (κ1) is 26.3. The zero-order valence-corrected chi connectivity index (χ0v) is 21.0. The number of carbonyl (C=O) groups is 1. The predicted octanol–water partition coefficient (Wildman–Crippen LogP) is 5.23. The molecule has 1 atom stereocenters. The Kier molecular flexibility index (Phi) is 8.76. The van der Waals surface area contributed by atoms with Crippen LogP contribution in [0.15, 0.2) is 36.1 Å². The van der Waals surface area contributed by atoms with Crippen molar-refractivity contribution in [1.29, 1.82) is 0 Å². The zero-order valence-electron chi connectivity index (χ0n) is 19.5. The second kappa shape index (κ2) is 12.0. The quantitative estimate of drug-likeness (QED) is 0.401. The molecule has 7 nitrogen and oxygen atoms in total. The van der Waals surface area contributed by atoms with E-state index in [1.165, 1.54) is 17.6 Å². The number of halogens is 4. The molecule has 0 bridgehead atoms. The van der Waals surface area contributed by atoms with E-state index in [9.17, 15) is 18.0 Å². The van der Waals surface area contributed by atoms with Crippen LogP contribution in [-0.2, 0) is 0 Å². The second-order valence-electron chi connectivity index (χ2n) is 8.56. The molecule has 1 amide bonds. The van der Waals surface area contributed by atoms with Gasteiger partial charge in [-0.25, -0.2) is 28.1 Å². The molecular weight excluding hydrogens is 515 g/mol. The molecule has 36 heavy (non-hydrogen) atoms. The lowest BCUT2D eigenvalue weighted by Gasteiger charge is -2.37. The first-order chi connectivity index (χ1) is 17.3. The van der Waals surface area contributed by atoms with Crippen LogP contribution in [0.25, 0.3) is 0 Å². The summed E-state index contributed by atoms with van der Waals surface area (Å²) in [6, 6.07) is 3.75. The number of ether oxygens (including phenoxy) is 1. The van der Waals surface area contributed by atoms with Crippen molar-refractivity contribution < 1.29 is 22.7 Å². The lowest BCUT2D eigenvalue weighted by Crippen LogP contribution is -2.43. The van der Waals surface area contributed by atoms with E-state index in [0.29, 0.717) is 30.6 Å². The standard InChI is InChI=1S/C24H25ClF3N5O2S/c1-14-9-30-24(31-10-14)35-12-15-5-7-33(8-6-15)18(21-20(22(27)28)32-13-36-21)11-29-23(34)19-16(25)3-2-4-17(19)26/h2-4,9-10,13,15,18,22H,5-8,11-12H2,1H3,(H,29,34). The van der Waals surface area contributed by atoms with Gasteiger partial charge in [-0.2, -0.15) is 0 Å². The molecule has 1 unspecified atom stereocenters. The lowest BCUT2D eigenvalue weighted by molar-refractivity contribution is 0.0864. The van der Waals surface area contributed by atoms with Crippen LogP contribution in [0.3, 0.4) is 0 Å². The van der Waals surface area contributed by atoms with Crippen LogP contribution in [0.2, 0.25) is 5.02 Å². The molecule has 1 N–H and O–H groups in total. The molecule has 1 aliphatic heterocycles. The molecule has 1 saturated heterocycles. The minimum Gasteiger partial charge on any atom is -0.463 e. The Labute approximate surface area is 215 Å². The summed E-state index contributed by atoms with van der Waals surface area (Å²) in [4.78, 5) is 27.3. The molecule has 1 aliphatic rings. The summed E-state index contributed by atoms with van der Waals surface area (Å²) in [6.45, 7) is 3.55. The van der Waals surface area contributed by atoms with E-state index in [0.717, 1.165) is 35.8 Å². The summed E-state index contributed by atoms with van der Waals surface area (Å²) in [7, 11) is 0. The van der Waals surface area contributed by atoms with Gasteiger partial charge in [0, 0.05) is 18.9 Å². The first-order valence-corrected chi connectivity index (χ1v) is 12.7. The van der Waals surface area contributed by atoms with E-state index in [-0.39, 0.29) is 28.7 Å². The third-order valence-corrected chi connectivity index (χ3v) is 7.34. The van der Waals surface area contributed by atoms with Crippen LogP contribution in [0, 0.1) is 18.7 Å². The Morgan fingerprint density at radius 1 is 1.25 bits per heavy atom. The maximum absolute atomic E-state index is 14.2. The number of aromatic nitrogens is 3. The Balaban J connectivity index is 1.43. The number of hydrogen-bond acceptors (Lipinski definition) is 7. The normalized spacial score (nSPS) is 15.7. The minimum absolute atomic E-state index is 0.00375. The predicted molar refractivity (Wildman–Crippen MR) is 130 cm³/mol. The minimum atomic E-state index is -2.74. The maximum Gasteiger partial charge on any atom is 0.316 e. The number of hydrogen-bond donors (Lipinski definition) is 1. The molecule has 12 heteroatoms. The van der Waals surface area contributed by atoms with Gasteiger partial charge in [0.15, 0.2) is 0 Å². The van der Waals surface area contributed by atoms with Gasteiger partial charge in [0.05, 0.1) is 33.6 Å². The molecule has 3 heterocycles. The van der Waals surface area contributed by atoms with Crippen LogP contribution in [0.5, 0.6) is 6.01 Å². The van der Waals surface area contributed by atoms with Gasteiger partial charge < -0.3 is 10.1 Å². The number of benzene rings is 1. The number of nitrogens with zero attached hydrogens (tertiary/aromatic N) is 4. The van der Waals surface area contributed by atoms with Gasteiger partial charge in [0.1, 0.15) is 11.5 Å². The van der Waals surface area contributed by atoms with Gasteiger partial charge in [-0.1, -0.05) is 17.7 Å². The average Bonchev–Trinajstić information content (AvgIpc) is 3.34. The first-order valence-electron chi connectivity index (χ1n) is 11.4. The molecule has 2 aromatic heterocycles. The van der Waals surface area contributed by atoms with Crippen molar-refractivity contribution in [3.63, 3.8) is 0 Å². The van der Waals surface area contributed by atoms with Crippen LogP contribution < -0.4 is 10.1 Å². The highest BCUT2D eigenvalue weighted by molar-refractivity contribution is 7.09. The zero-order chi connectivity index (χ0) is 25.7. The van der Waals surface area contributed by atoms with Crippen molar-refractivity contribution in [1.82, 2.24) is 25.2 Å². The molecule has 4 rings (SSSR count). The van der Waals surface area contributed by atoms with Gasteiger partial charge >= 0.3 is 6.01 Å². The summed E-state index contributed by atoms with van der Waals surface area (Å²) in [5, 5.41) is 2.66. The van der Waals surface area contributed by atoms with Gasteiger partial charge in [-0.15, -0.1) is 11.3 Å². The van der Waals surface area contributed by atoms with Crippen LogP contribution in [-0.4, -0.2) is 52.0 Å². The molecule has 0 saturated carbocycles. The number of amides is 1. The molecule has 0 radical (unpaired) electrons. The summed E-state index contributed by atoms with van der Waals surface area (Å²) >= 11 is 7.13. The van der Waals surface area contributed by atoms with E-state index in [1.54, 1.807) is 12.4 Å². The highest BCUT2D eigenvalue weighted by Crippen LogP contribution is 2.35. The van der Waals surface area contributed by atoms with Crippen LogP contribution in [0.4, 0.5) is 13.2 Å². The number of likely N-dealkylation sites (tertiary alicyclic amines) is 1. The van der Waals surface area contributed by atoms with Crippen LogP contribution >= 0.6 is 22.9 Å². The fourth-order valence-electron chi connectivity index (χ4n) is 4.14. The fourth-order valence-corrected chi connectivity index (χ4v) is 5.32. The van der Waals surface area contributed by atoms with Crippen molar-refractivity contribution in [3.8, 4) is 6.01 Å². The van der Waals surface area contributed by atoms with E-state index >= 15 is 0 Å². The van der Waals surface area contributed by atoms with E-state index in [4.69, 9.17) is 16.3 Å². The Morgan fingerprint density at radius 3 is 2.64 bits per heavy atom. The summed E-state index contributed by atoms with van der Waals surface area (Å²) in [5.41, 5.74) is 1.74. The molecule has 0 aliphatic carbocycles. The molecule has 0 spiro atoms. The third kappa shape index (κ3) is 6.32. The Bertz CT molecular complexity index is 1150. The molecule has 1 aromatic carbocycles. The van der Waals surface area contributed by atoms with E-state index in [2.05, 4.69) is 20.3 Å². The van der Waals surface area contributed by atoms with Crippen molar-refractivity contribution in [2.75, 3.05) is 26.2 Å². The fraction of sp³-hybridized carbons (Fsp3) is 0.417. The van der Waals surface area contributed by atoms with Crippen molar-refractivity contribution in [2.45, 2.75) is 32.2 Å². The van der Waals surface area contributed by atoms with Gasteiger partial charge in [0.2, 0.25) is 0 Å². The van der Waals surface area contributed by atoms with Crippen LogP contribution in [0.1, 0.15) is 51.8 Å². The number of thiazole rings is 1. The van der Waals surface area contributed by atoms with E-state index < -0.39 is 24.2 Å². The molecular formula is C24H25ClF3N5O2S. The number of alkyl halides is 2. The SMILES string of the molecule is Cc1cnc(OCC2CCN(C(CNC(=O)c3c(F)cccc3Cl)c3scnc3C(F)F)CC2)nc1. The highest BCUT2D eigenvalue weighted by Gasteiger charge is 2.32. The number of rotatable bonds is 9. The molecule has 3 aromatic rings. The lowest BCUT2D eigenvalue weighted by atomic mass is 9.96. The summed E-state index contributed by atoms with van der Waals surface area (Å²) in [6.07, 6.45) is 2.16. The van der Waals surface area contributed by atoms with Crippen molar-refractivity contribution in [2.24, 2.45) is 5.92 Å². The van der Waals surface area contributed by atoms with Crippen molar-refractivity contribution in [3.05, 3.63) is 68.6 Å². The Morgan fingerprint density at radius 2 is 1.97 bits per heavy atom. The number of carbonyl (C=O) groups excluding carboxylic acids is 1. The van der Waals surface area contributed by atoms with E-state index in [1.807, 2.05) is 11.8 Å². The average molecular weight is 540 g/mol. The smallest absolute Gasteiger partial charge is 0.316 e. The number of nitrogens with one attached hydrogen (secondary N) is 1. The second-order valence-corrected chi connectivity index (χ2v) is 9.85. The van der Waals surface area contributed by atoms with Gasteiger partial charge in [-0.05, 0) is 56.5 Å². The highest BCUT2D eigenvalue weighted by atomic mass is 35.5. The van der Waals surface area contributed by atoms with Gasteiger partial charge in [-0.3, -0.25) is 9.69 Å². The number of aryl methyl sites for hydroxylation is 1. The summed E-state index contributed by atoms with van der Waals surface area (Å²) < 4.78 is 47.2. The third-order valence-electron chi connectivity index (χ3n) is 6.07. The van der Waals surface area contributed by atoms with Gasteiger partial charge in [0.25, 0.3) is 12.3 Å². The monoisotopic (exact) mass is 539 g/mol. The topological polar surface area (TPSA) is 80.2 Å².